The van der Waals surface area contributed by atoms with E-state index in [9.17, 15) is 4.79 Å². The average molecular weight is 280 g/mol. The summed E-state index contributed by atoms with van der Waals surface area (Å²) in [4.78, 5) is 14.3. The van der Waals surface area contributed by atoms with E-state index in [4.69, 9.17) is 4.74 Å². The molecule has 2 heterocycles. The second kappa shape index (κ2) is 6.37. The van der Waals surface area contributed by atoms with Crippen molar-refractivity contribution in [2.45, 2.75) is 45.9 Å². The molecule has 2 unspecified atom stereocenters. The van der Waals surface area contributed by atoms with Gasteiger partial charge in [0.25, 0.3) is 0 Å². The highest BCUT2D eigenvalue weighted by Gasteiger charge is 2.24. The summed E-state index contributed by atoms with van der Waals surface area (Å²) in [5.74, 6) is 0.744. The first kappa shape index (κ1) is 15.0. The molecule has 1 saturated heterocycles. The first-order valence-corrected chi connectivity index (χ1v) is 7.17. The third kappa shape index (κ3) is 3.80. The Bertz CT molecular complexity index is 448. The van der Waals surface area contributed by atoms with Gasteiger partial charge in [0.1, 0.15) is 5.82 Å². The number of nitrogens with one attached hydrogen (secondary N) is 1. The quantitative estimate of drug-likeness (QED) is 0.908. The van der Waals surface area contributed by atoms with Gasteiger partial charge < -0.3 is 10.1 Å². The molecular weight excluding hydrogens is 256 g/mol. The SMILES string of the molecule is CC1CN(CC(=O)Nc2ccnn2C(C)C)CC(C)O1. The highest BCUT2D eigenvalue weighted by molar-refractivity contribution is 5.91. The molecular formula is C14H24N4O2. The van der Waals surface area contributed by atoms with Crippen LogP contribution in [0.4, 0.5) is 5.82 Å². The topological polar surface area (TPSA) is 59.4 Å². The number of carbonyl (C=O) groups excluding carboxylic acids is 1. The van der Waals surface area contributed by atoms with Gasteiger partial charge in [0.15, 0.2) is 0 Å². The van der Waals surface area contributed by atoms with Crippen LogP contribution in [0.3, 0.4) is 0 Å². The molecule has 20 heavy (non-hydrogen) atoms. The Balaban J connectivity index is 1.90. The fraction of sp³-hybridized carbons (Fsp3) is 0.714. The molecule has 112 valence electrons. The summed E-state index contributed by atoms with van der Waals surface area (Å²) < 4.78 is 7.47. The van der Waals surface area contributed by atoms with Crippen molar-refractivity contribution in [3.8, 4) is 0 Å². The van der Waals surface area contributed by atoms with Crippen molar-refractivity contribution in [1.29, 1.82) is 0 Å². The molecule has 6 heteroatoms. The van der Waals surface area contributed by atoms with Gasteiger partial charge in [0.2, 0.25) is 5.91 Å². The van der Waals surface area contributed by atoms with Crippen LogP contribution in [0.1, 0.15) is 33.7 Å². The van der Waals surface area contributed by atoms with E-state index in [0.29, 0.717) is 6.54 Å². The largest absolute Gasteiger partial charge is 0.373 e. The van der Waals surface area contributed by atoms with Gasteiger partial charge in [0, 0.05) is 25.2 Å². The lowest BCUT2D eigenvalue weighted by molar-refractivity contribution is -0.121. The van der Waals surface area contributed by atoms with E-state index in [1.165, 1.54) is 0 Å². The molecule has 2 atom stereocenters. The Kier molecular flexibility index (Phi) is 4.77. The van der Waals surface area contributed by atoms with Crippen molar-refractivity contribution < 1.29 is 9.53 Å². The maximum absolute atomic E-state index is 12.1. The molecule has 1 aromatic rings. The fourth-order valence-corrected chi connectivity index (χ4v) is 2.62. The van der Waals surface area contributed by atoms with Crippen LogP contribution in [0.15, 0.2) is 12.3 Å². The minimum absolute atomic E-state index is 0.00583. The molecule has 0 aromatic carbocycles. The van der Waals surface area contributed by atoms with E-state index in [-0.39, 0.29) is 24.2 Å². The minimum atomic E-state index is -0.00583. The van der Waals surface area contributed by atoms with Crippen LogP contribution in [0.5, 0.6) is 0 Å². The van der Waals surface area contributed by atoms with E-state index in [0.717, 1.165) is 18.9 Å². The van der Waals surface area contributed by atoms with Crippen molar-refractivity contribution >= 4 is 11.7 Å². The van der Waals surface area contributed by atoms with Crippen LogP contribution in [-0.4, -0.2) is 52.4 Å². The van der Waals surface area contributed by atoms with Crippen molar-refractivity contribution in [1.82, 2.24) is 14.7 Å². The summed E-state index contributed by atoms with van der Waals surface area (Å²) >= 11 is 0. The smallest absolute Gasteiger partial charge is 0.239 e. The summed E-state index contributed by atoms with van der Waals surface area (Å²) in [6.45, 7) is 10.1. The van der Waals surface area contributed by atoms with Gasteiger partial charge in [0.05, 0.1) is 24.9 Å². The number of carbonyl (C=O) groups is 1. The maximum atomic E-state index is 12.1. The second-order valence-electron chi connectivity index (χ2n) is 5.75. The van der Waals surface area contributed by atoms with Crippen LogP contribution < -0.4 is 5.32 Å². The van der Waals surface area contributed by atoms with Crippen LogP contribution >= 0.6 is 0 Å². The highest BCUT2D eigenvalue weighted by Crippen LogP contribution is 2.14. The Labute approximate surface area is 120 Å². The third-order valence-corrected chi connectivity index (χ3v) is 3.29. The molecule has 0 radical (unpaired) electrons. The van der Waals surface area contributed by atoms with E-state index < -0.39 is 0 Å². The first-order chi connectivity index (χ1) is 9.45. The summed E-state index contributed by atoms with van der Waals surface area (Å²) in [5, 5.41) is 7.14. The monoisotopic (exact) mass is 280 g/mol. The summed E-state index contributed by atoms with van der Waals surface area (Å²) in [6, 6.07) is 2.05. The van der Waals surface area contributed by atoms with E-state index in [1.54, 1.807) is 6.20 Å². The van der Waals surface area contributed by atoms with Crippen molar-refractivity contribution in [2.75, 3.05) is 25.0 Å². The van der Waals surface area contributed by atoms with E-state index in [1.807, 2.05) is 38.4 Å². The molecule has 1 aliphatic heterocycles. The molecule has 1 aromatic heterocycles. The molecule has 1 aliphatic rings. The number of nitrogens with zero attached hydrogens (tertiary/aromatic N) is 3. The van der Waals surface area contributed by atoms with E-state index in [2.05, 4.69) is 15.3 Å². The normalized spacial score (nSPS) is 24.1. The average Bonchev–Trinajstić information content (AvgIpc) is 2.75. The molecule has 1 fully saturated rings. The summed E-state index contributed by atoms with van der Waals surface area (Å²) in [7, 11) is 0. The molecule has 0 aliphatic carbocycles. The Hall–Kier alpha value is -1.40. The van der Waals surface area contributed by atoms with Gasteiger partial charge in [-0.25, -0.2) is 4.68 Å². The summed E-state index contributed by atoms with van der Waals surface area (Å²) in [5.41, 5.74) is 0. The number of amides is 1. The molecule has 0 bridgehead atoms. The number of hydrogen-bond acceptors (Lipinski definition) is 4. The molecule has 2 rings (SSSR count). The Morgan fingerprint density at radius 3 is 2.70 bits per heavy atom. The van der Waals surface area contributed by atoms with Crippen molar-refractivity contribution in [3.63, 3.8) is 0 Å². The zero-order chi connectivity index (χ0) is 14.7. The van der Waals surface area contributed by atoms with Gasteiger partial charge in [-0.05, 0) is 27.7 Å². The van der Waals surface area contributed by atoms with Crippen LogP contribution in [0.2, 0.25) is 0 Å². The predicted molar refractivity (Wildman–Crippen MR) is 77.7 cm³/mol. The second-order valence-corrected chi connectivity index (χ2v) is 5.75. The maximum Gasteiger partial charge on any atom is 0.239 e. The van der Waals surface area contributed by atoms with Gasteiger partial charge in [-0.1, -0.05) is 0 Å². The zero-order valence-corrected chi connectivity index (χ0v) is 12.7. The van der Waals surface area contributed by atoms with Gasteiger partial charge in [-0.2, -0.15) is 5.10 Å². The molecule has 0 spiro atoms. The fourth-order valence-electron chi connectivity index (χ4n) is 2.62. The summed E-state index contributed by atoms with van der Waals surface area (Å²) in [6.07, 6.45) is 2.05. The Morgan fingerprint density at radius 1 is 1.45 bits per heavy atom. The van der Waals surface area contributed by atoms with Crippen LogP contribution in [0, 0.1) is 0 Å². The van der Waals surface area contributed by atoms with Crippen LogP contribution in [-0.2, 0) is 9.53 Å². The number of anilines is 1. The number of ether oxygens (including phenoxy) is 1. The lowest BCUT2D eigenvalue weighted by Crippen LogP contribution is -2.48. The molecule has 1 N–H and O–H groups in total. The minimum Gasteiger partial charge on any atom is -0.373 e. The number of morpholine rings is 1. The van der Waals surface area contributed by atoms with E-state index >= 15 is 0 Å². The number of rotatable bonds is 4. The predicted octanol–water partition coefficient (Wildman–Crippen LogP) is 1.51. The highest BCUT2D eigenvalue weighted by atomic mass is 16.5. The van der Waals surface area contributed by atoms with Gasteiger partial charge in [-0.15, -0.1) is 0 Å². The lowest BCUT2D eigenvalue weighted by atomic mass is 10.2. The Morgan fingerprint density at radius 2 is 2.10 bits per heavy atom. The molecule has 0 saturated carbocycles. The van der Waals surface area contributed by atoms with Crippen molar-refractivity contribution in [3.05, 3.63) is 12.3 Å². The number of hydrogen-bond donors (Lipinski definition) is 1. The first-order valence-electron chi connectivity index (χ1n) is 7.17. The van der Waals surface area contributed by atoms with Gasteiger partial charge >= 0.3 is 0 Å². The molecule has 1 amide bonds. The van der Waals surface area contributed by atoms with Gasteiger partial charge in [-0.3, -0.25) is 9.69 Å². The lowest BCUT2D eigenvalue weighted by Gasteiger charge is -2.34. The number of aromatic nitrogens is 2. The standard InChI is InChI=1S/C14H24N4O2/c1-10(2)18-13(5-6-15-18)16-14(19)9-17-7-11(3)20-12(4)8-17/h5-6,10-12H,7-9H2,1-4H3,(H,16,19). The van der Waals surface area contributed by atoms with Crippen molar-refractivity contribution in [2.24, 2.45) is 0 Å². The zero-order valence-electron chi connectivity index (χ0n) is 12.7. The van der Waals surface area contributed by atoms with Crippen LogP contribution in [0.25, 0.3) is 0 Å². The third-order valence-electron chi connectivity index (χ3n) is 3.29. The molecule has 6 nitrogen and oxygen atoms in total.